The van der Waals surface area contributed by atoms with Crippen molar-refractivity contribution in [2.45, 2.75) is 13.5 Å². The standard InChI is InChI=1S/C15H13F3N2O/c1-9(21)20-11-4-2-10(3-5-11)8-19-15-7-13(17)12(16)6-14(15)18/h2-7,19H,8H2,1H3,(H,20,21). The van der Waals surface area contributed by atoms with Crippen molar-refractivity contribution in [3.05, 3.63) is 59.4 Å². The first kappa shape index (κ1) is 14.9. The Bertz CT molecular complexity index is 657. The third-order valence-electron chi connectivity index (χ3n) is 2.77. The molecule has 2 N–H and O–H groups in total. The Morgan fingerprint density at radius 2 is 1.62 bits per heavy atom. The fourth-order valence-corrected chi connectivity index (χ4v) is 1.76. The highest BCUT2D eigenvalue weighted by Gasteiger charge is 2.09. The molecule has 0 saturated carbocycles. The van der Waals surface area contributed by atoms with Gasteiger partial charge in [0.2, 0.25) is 5.91 Å². The van der Waals surface area contributed by atoms with Crippen molar-refractivity contribution in [2.75, 3.05) is 10.6 Å². The Morgan fingerprint density at radius 3 is 2.24 bits per heavy atom. The summed E-state index contributed by atoms with van der Waals surface area (Å²) in [5, 5.41) is 5.31. The highest BCUT2D eigenvalue weighted by atomic mass is 19.2. The molecule has 0 atom stereocenters. The van der Waals surface area contributed by atoms with Crippen molar-refractivity contribution in [3.8, 4) is 0 Å². The number of carbonyl (C=O) groups excluding carboxylic acids is 1. The Kier molecular flexibility index (Phi) is 4.47. The first-order chi connectivity index (χ1) is 9.95. The summed E-state index contributed by atoms with van der Waals surface area (Å²) in [4.78, 5) is 10.9. The molecule has 6 heteroatoms. The Labute approximate surface area is 119 Å². The number of carbonyl (C=O) groups is 1. The smallest absolute Gasteiger partial charge is 0.221 e. The van der Waals surface area contributed by atoms with Crippen LogP contribution in [0.4, 0.5) is 24.5 Å². The summed E-state index contributed by atoms with van der Waals surface area (Å²) < 4.78 is 39.3. The van der Waals surface area contributed by atoms with Gasteiger partial charge in [-0.05, 0) is 17.7 Å². The van der Waals surface area contributed by atoms with Crippen LogP contribution in [0.1, 0.15) is 12.5 Å². The van der Waals surface area contributed by atoms with Gasteiger partial charge in [-0.2, -0.15) is 0 Å². The minimum Gasteiger partial charge on any atom is -0.379 e. The van der Waals surface area contributed by atoms with Gasteiger partial charge in [-0.3, -0.25) is 4.79 Å². The van der Waals surface area contributed by atoms with E-state index in [4.69, 9.17) is 0 Å². The molecule has 2 aromatic rings. The molecule has 0 saturated heterocycles. The summed E-state index contributed by atoms with van der Waals surface area (Å²) in [6.07, 6.45) is 0. The van der Waals surface area contributed by atoms with Crippen LogP contribution in [0.3, 0.4) is 0 Å². The van der Waals surface area contributed by atoms with Crippen LogP contribution in [0.2, 0.25) is 0 Å². The van der Waals surface area contributed by atoms with E-state index in [2.05, 4.69) is 10.6 Å². The molecule has 0 fully saturated rings. The van der Waals surface area contributed by atoms with Crippen LogP contribution in [-0.2, 0) is 11.3 Å². The topological polar surface area (TPSA) is 41.1 Å². The van der Waals surface area contributed by atoms with Gasteiger partial charge in [0, 0.05) is 31.3 Å². The number of amides is 1. The molecule has 21 heavy (non-hydrogen) atoms. The second-order valence-electron chi connectivity index (χ2n) is 4.48. The van der Waals surface area contributed by atoms with Crippen molar-refractivity contribution >= 4 is 17.3 Å². The molecule has 2 rings (SSSR count). The minimum absolute atomic E-state index is 0.111. The van der Waals surface area contributed by atoms with Crippen LogP contribution in [0.5, 0.6) is 0 Å². The fourth-order valence-electron chi connectivity index (χ4n) is 1.76. The van der Waals surface area contributed by atoms with Gasteiger partial charge in [0.05, 0.1) is 5.69 Å². The number of anilines is 2. The number of nitrogens with one attached hydrogen (secondary N) is 2. The van der Waals surface area contributed by atoms with Crippen LogP contribution in [0, 0.1) is 17.5 Å². The predicted octanol–water partition coefficient (Wildman–Crippen LogP) is 3.67. The monoisotopic (exact) mass is 294 g/mol. The minimum atomic E-state index is -1.22. The molecule has 3 nitrogen and oxygen atoms in total. The van der Waals surface area contributed by atoms with Crippen LogP contribution in [-0.4, -0.2) is 5.91 Å². The molecular formula is C15H13F3N2O. The number of hydrogen-bond acceptors (Lipinski definition) is 2. The van der Waals surface area contributed by atoms with E-state index in [-0.39, 0.29) is 18.1 Å². The summed E-state index contributed by atoms with van der Waals surface area (Å²) in [5.74, 6) is -3.37. The second kappa shape index (κ2) is 6.30. The molecule has 0 spiro atoms. The summed E-state index contributed by atoms with van der Waals surface area (Å²) in [6.45, 7) is 1.64. The van der Waals surface area contributed by atoms with Crippen molar-refractivity contribution in [3.63, 3.8) is 0 Å². The lowest BCUT2D eigenvalue weighted by Crippen LogP contribution is -2.06. The molecule has 1 amide bonds. The van der Waals surface area contributed by atoms with Crippen molar-refractivity contribution in [2.24, 2.45) is 0 Å². The van der Waals surface area contributed by atoms with Gasteiger partial charge in [-0.25, -0.2) is 13.2 Å². The molecule has 0 bridgehead atoms. The summed E-state index contributed by atoms with van der Waals surface area (Å²) in [5.41, 5.74) is 1.33. The maximum Gasteiger partial charge on any atom is 0.221 e. The van der Waals surface area contributed by atoms with Gasteiger partial charge < -0.3 is 10.6 Å². The number of benzene rings is 2. The molecule has 0 heterocycles. The van der Waals surface area contributed by atoms with Crippen LogP contribution < -0.4 is 10.6 Å². The third kappa shape index (κ3) is 3.98. The molecule has 0 unspecified atom stereocenters. The Morgan fingerprint density at radius 1 is 1.00 bits per heavy atom. The van der Waals surface area contributed by atoms with Crippen molar-refractivity contribution in [1.82, 2.24) is 0 Å². The van der Waals surface area contributed by atoms with Gasteiger partial charge in [0.1, 0.15) is 5.82 Å². The van der Waals surface area contributed by atoms with Gasteiger partial charge in [0.25, 0.3) is 0 Å². The van der Waals surface area contributed by atoms with E-state index in [0.29, 0.717) is 11.8 Å². The molecule has 0 aliphatic carbocycles. The third-order valence-corrected chi connectivity index (χ3v) is 2.77. The summed E-state index contributed by atoms with van der Waals surface area (Å²) in [6, 6.07) is 8.13. The highest BCUT2D eigenvalue weighted by molar-refractivity contribution is 5.88. The summed E-state index contributed by atoms with van der Waals surface area (Å²) >= 11 is 0. The fraction of sp³-hybridized carbons (Fsp3) is 0.133. The zero-order valence-electron chi connectivity index (χ0n) is 11.2. The molecule has 0 radical (unpaired) electrons. The van der Waals surface area contributed by atoms with Crippen LogP contribution in [0.25, 0.3) is 0 Å². The predicted molar refractivity (Wildman–Crippen MR) is 74.4 cm³/mol. The van der Waals surface area contributed by atoms with E-state index in [0.717, 1.165) is 11.6 Å². The lowest BCUT2D eigenvalue weighted by atomic mass is 10.2. The lowest BCUT2D eigenvalue weighted by Gasteiger charge is -2.09. The second-order valence-corrected chi connectivity index (χ2v) is 4.48. The average Bonchev–Trinajstić information content (AvgIpc) is 2.42. The Hall–Kier alpha value is -2.50. The quantitative estimate of drug-likeness (QED) is 0.845. The van der Waals surface area contributed by atoms with E-state index in [9.17, 15) is 18.0 Å². The average molecular weight is 294 g/mol. The van der Waals surface area contributed by atoms with E-state index < -0.39 is 17.5 Å². The lowest BCUT2D eigenvalue weighted by molar-refractivity contribution is -0.114. The zero-order chi connectivity index (χ0) is 15.4. The van der Waals surface area contributed by atoms with Crippen molar-refractivity contribution in [1.29, 1.82) is 0 Å². The largest absolute Gasteiger partial charge is 0.379 e. The first-order valence-corrected chi connectivity index (χ1v) is 6.20. The number of halogens is 3. The number of hydrogen-bond donors (Lipinski definition) is 2. The van der Waals surface area contributed by atoms with Gasteiger partial charge in [-0.1, -0.05) is 12.1 Å². The van der Waals surface area contributed by atoms with Gasteiger partial charge >= 0.3 is 0 Å². The summed E-state index contributed by atoms with van der Waals surface area (Å²) in [7, 11) is 0. The van der Waals surface area contributed by atoms with Crippen LogP contribution in [0.15, 0.2) is 36.4 Å². The first-order valence-electron chi connectivity index (χ1n) is 6.20. The molecule has 110 valence electrons. The van der Waals surface area contributed by atoms with E-state index in [1.54, 1.807) is 24.3 Å². The SMILES string of the molecule is CC(=O)Nc1ccc(CNc2cc(F)c(F)cc2F)cc1. The highest BCUT2D eigenvalue weighted by Crippen LogP contribution is 2.19. The molecule has 0 aromatic heterocycles. The molecule has 0 aliphatic rings. The molecular weight excluding hydrogens is 281 g/mol. The maximum absolute atomic E-state index is 13.4. The Balaban J connectivity index is 2.03. The maximum atomic E-state index is 13.4. The molecule has 0 aliphatic heterocycles. The number of rotatable bonds is 4. The van der Waals surface area contributed by atoms with Crippen molar-refractivity contribution < 1.29 is 18.0 Å². The van der Waals surface area contributed by atoms with E-state index in [1.807, 2.05) is 0 Å². The zero-order valence-corrected chi connectivity index (χ0v) is 11.2. The van der Waals surface area contributed by atoms with E-state index >= 15 is 0 Å². The van der Waals surface area contributed by atoms with Gasteiger partial charge in [0.15, 0.2) is 11.6 Å². The van der Waals surface area contributed by atoms with E-state index in [1.165, 1.54) is 6.92 Å². The van der Waals surface area contributed by atoms with Gasteiger partial charge in [-0.15, -0.1) is 0 Å². The van der Waals surface area contributed by atoms with Crippen LogP contribution >= 0.6 is 0 Å². The normalized spacial score (nSPS) is 10.3. The molecule has 2 aromatic carbocycles.